The fourth-order valence-electron chi connectivity index (χ4n) is 2.78. The van der Waals surface area contributed by atoms with Crippen molar-refractivity contribution < 1.29 is 17.9 Å². The summed E-state index contributed by atoms with van der Waals surface area (Å²) in [5, 5.41) is 1.18. The predicted octanol–water partition coefficient (Wildman–Crippen LogP) is 2.96. The molecule has 0 spiro atoms. The van der Waals surface area contributed by atoms with Gasteiger partial charge in [0, 0.05) is 16.7 Å². The molecule has 1 aliphatic heterocycles. The Kier molecular flexibility index (Phi) is 4.63. The monoisotopic (exact) mass is 357 g/mol. The summed E-state index contributed by atoms with van der Waals surface area (Å²) in [6.45, 7) is 1.96. The van der Waals surface area contributed by atoms with Crippen molar-refractivity contribution in [1.82, 2.24) is 0 Å². The van der Waals surface area contributed by atoms with E-state index in [4.69, 9.17) is 4.74 Å². The number of amides is 1. The molecule has 25 heavy (non-hydrogen) atoms. The Morgan fingerprint density at radius 1 is 1.16 bits per heavy atom. The first-order valence-electron chi connectivity index (χ1n) is 7.85. The molecular formula is C19H19NO4S. The molecule has 0 saturated carbocycles. The molecule has 0 fully saturated rings. The van der Waals surface area contributed by atoms with E-state index < -0.39 is 15.9 Å². The number of rotatable bonds is 4. The zero-order valence-corrected chi connectivity index (χ0v) is 14.9. The summed E-state index contributed by atoms with van der Waals surface area (Å²) >= 11 is 0. The van der Waals surface area contributed by atoms with Gasteiger partial charge >= 0.3 is 0 Å². The highest BCUT2D eigenvalue weighted by atomic mass is 32.2. The maximum atomic E-state index is 13.1. The van der Waals surface area contributed by atoms with Crippen molar-refractivity contribution in [1.29, 1.82) is 0 Å². The zero-order chi connectivity index (χ0) is 18.0. The number of aryl methyl sites for hydroxylation is 1. The van der Waals surface area contributed by atoms with Crippen molar-refractivity contribution >= 4 is 21.4 Å². The van der Waals surface area contributed by atoms with Crippen LogP contribution in [0.15, 0.2) is 60.0 Å². The van der Waals surface area contributed by atoms with Gasteiger partial charge in [-0.3, -0.25) is 4.79 Å². The Morgan fingerprint density at radius 2 is 1.88 bits per heavy atom. The average molecular weight is 357 g/mol. The second-order valence-electron chi connectivity index (χ2n) is 5.97. The summed E-state index contributed by atoms with van der Waals surface area (Å²) in [6.07, 6.45) is 1.56. The van der Waals surface area contributed by atoms with Crippen LogP contribution in [0.3, 0.4) is 0 Å². The van der Waals surface area contributed by atoms with Crippen molar-refractivity contribution in [2.45, 2.75) is 13.0 Å². The second-order valence-corrected chi connectivity index (χ2v) is 7.90. The highest BCUT2D eigenvalue weighted by molar-refractivity contribution is 7.94. The van der Waals surface area contributed by atoms with E-state index in [1.54, 1.807) is 30.3 Å². The minimum absolute atomic E-state index is 0.114. The molecule has 130 valence electrons. The molecule has 2 aromatic rings. The number of hydrogen-bond donors (Lipinski definition) is 0. The molecule has 0 aliphatic carbocycles. The topological polar surface area (TPSA) is 63.7 Å². The highest BCUT2D eigenvalue weighted by Gasteiger charge is 2.32. The van der Waals surface area contributed by atoms with E-state index in [0.717, 1.165) is 5.56 Å². The van der Waals surface area contributed by atoms with Gasteiger partial charge in [0.2, 0.25) is 0 Å². The summed E-state index contributed by atoms with van der Waals surface area (Å²) in [5.74, 6) is 0.190. The van der Waals surface area contributed by atoms with Gasteiger partial charge in [-0.25, -0.2) is 8.42 Å². The lowest BCUT2D eigenvalue weighted by Crippen LogP contribution is -2.41. The number of ether oxygens (including phenoxy) is 1. The van der Waals surface area contributed by atoms with Crippen molar-refractivity contribution in [2.75, 3.05) is 17.8 Å². The molecule has 1 heterocycles. The van der Waals surface area contributed by atoms with Gasteiger partial charge in [-0.15, -0.1) is 0 Å². The number of methoxy groups -OCH3 is 1. The fraction of sp³-hybridized carbons (Fsp3) is 0.211. The molecule has 5 nitrogen and oxygen atoms in total. The van der Waals surface area contributed by atoms with E-state index in [0.29, 0.717) is 17.0 Å². The quantitative estimate of drug-likeness (QED) is 0.844. The van der Waals surface area contributed by atoms with Gasteiger partial charge in [0.25, 0.3) is 5.91 Å². The Hall–Kier alpha value is -2.60. The minimum Gasteiger partial charge on any atom is -0.497 e. The molecule has 0 bridgehead atoms. The van der Waals surface area contributed by atoms with E-state index in [9.17, 15) is 13.2 Å². The molecule has 0 saturated heterocycles. The third-order valence-corrected chi connectivity index (χ3v) is 5.47. The first-order chi connectivity index (χ1) is 11.9. The first-order valence-corrected chi connectivity index (χ1v) is 9.56. The van der Waals surface area contributed by atoms with Gasteiger partial charge in [-0.1, -0.05) is 23.8 Å². The van der Waals surface area contributed by atoms with Crippen LogP contribution in [-0.2, 0) is 9.84 Å². The summed E-state index contributed by atoms with van der Waals surface area (Å²) in [6, 6.07) is 13.7. The third-order valence-electron chi connectivity index (χ3n) is 4.09. The Morgan fingerprint density at radius 3 is 2.48 bits per heavy atom. The van der Waals surface area contributed by atoms with Gasteiger partial charge in [0.1, 0.15) is 5.75 Å². The fourth-order valence-corrected chi connectivity index (χ4v) is 4.05. The number of sulfone groups is 1. The molecule has 0 radical (unpaired) electrons. The first kappa shape index (κ1) is 17.2. The normalized spacial score (nSPS) is 18.1. The van der Waals surface area contributed by atoms with Crippen LogP contribution in [0, 0.1) is 6.92 Å². The van der Waals surface area contributed by atoms with E-state index >= 15 is 0 Å². The number of carbonyl (C=O) groups excluding carboxylic acids is 1. The molecule has 0 unspecified atom stereocenters. The zero-order valence-electron chi connectivity index (χ0n) is 14.0. The van der Waals surface area contributed by atoms with Crippen LogP contribution >= 0.6 is 0 Å². The Bertz CT molecular complexity index is 917. The number of anilines is 1. The molecule has 1 amide bonds. The standard InChI is InChI=1S/C19H19NO4S/c1-14-6-8-16(9-7-14)20(17-10-11-25(22,23)13-17)19(21)15-4-3-5-18(12-15)24-2/h3-12,17H,13H2,1-2H3/t17-/m1/s1. The molecule has 0 aromatic heterocycles. The third kappa shape index (κ3) is 3.74. The van der Waals surface area contributed by atoms with Gasteiger partial charge in [0.15, 0.2) is 9.84 Å². The van der Waals surface area contributed by atoms with Crippen LogP contribution < -0.4 is 9.64 Å². The van der Waals surface area contributed by atoms with Crippen molar-refractivity contribution in [3.05, 3.63) is 71.1 Å². The average Bonchev–Trinajstić information content (AvgIpc) is 2.96. The van der Waals surface area contributed by atoms with Crippen LogP contribution in [0.25, 0.3) is 0 Å². The summed E-state index contributed by atoms with van der Waals surface area (Å²) in [7, 11) is -1.75. The van der Waals surface area contributed by atoms with Crippen LogP contribution in [0.4, 0.5) is 5.69 Å². The maximum absolute atomic E-state index is 13.1. The predicted molar refractivity (Wildman–Crippen MR) is 97.7 cm³/mol. The number of benzene rings is 2. The summed E-state index contributed by atoms with van der Waals surface area (Å²) in [4.78, 5) is 14.7. The minimum atomic E-state index is -3.28. The lowest BCUT2D eigenvalue weighted by atomic mass is 10.1. The summed E-state index contributed by atoms with van der Waals surface area (Å²) in [5.41, 5.74) is 2.16. The molecule has 3 rings (SSSR count). The van der Waals surface area contributed by atoms with Crippen LogP contribution in [0.5, 0.6) is 5.75 Å². The van der Waals surface area contributed by atoms with Gasteiger partial charge in [-0.2, -0.15) is 0 Å². The number of carbonyl (C=O) groups is 1. The van der Waals surface area contributed by atoms with E-state index in [2.05, 4.69) is 0 Å². The molecule has 0 N–H and O–H groups in total. The smallest absolute Gasteiger partial charge is 0.258 e. The van der Waals surface area contributed by atoms with Crippen LogP contribution in [0.1, 0.15) is 15.9 Å². The maximum Gasteiger partial charge on any atom is 0.258 e. The lowest BCUT2D eigenvalue weighted by molar-refractivity contribution is 0.0983. The van der Waals surface area contributed by atoms with Crippen molar-refractivity contribution in [3.8, 4) is 5.75 Å². The SMILES string of the molecule is COc1cccc(C(=O)N(c2ccc(C)cc2)[C@@H]2C=CS(=O)(=O)C2)c1. The van der Waals surface area contributed by atoms with Crippen LogP contribution in [0.2, 0.25) is 0 Å². The van der Waals surface area contributed by atoms with E-state index in [-0.39, 0.29) is 11.7 Å². The Labute approximate surface area is 147 Å². The number of nitrogens with zero attached hydrogens (tertiary/aromatic N) is 1. The highest BCUT2D eigenvalue weighted by Crippen LogP contribution is 2.26. The largest absolute Gasteiger partial charge is 0.497 e. The van der Waals surface area contributed by atoms with Gasteiger partial charge in [0.05, 0.1) is 18.9 Å². The molecule has 1 aliphatic rings. The van der Waals surface area contributed by atoms with Crippen molar-refractivity contribution in [3.63, 3.8) is 0 Å². The second kappa shape index (κ2) is 6.72. The molecule has 6 heteroatoms. The Balaban J connectivity index is 2.02. The van der Waals surface area contributed by atoms with Gasteiger partial charge in [-0.05, 0) is 43.3 Å². The number of hydrogen-bond acceptors (Lipinski definition) is 4. The lowest BCUT2D eigenvalue weighted by Gasteiger charge is -2.28. The van der Waals surface area contributed by atoms with Gasteiger partial charge < -0.3 is 9.64 Å². The molecule has 2 aromatic carbocycles. The van der Waals surface area contributed by atoms with E-state index in [1.807, 2.05) is 31.2 Å². The van der Waals surface area contributed by atoms with Crippen molar-refractivity contribution in [2.24, 2.45) is 0 Å². The molecular weight excluding hydrogens is 338 g/mol. The molecule has 1 atom stereocenters. The van der Waals surface area contributed by atoms with E-state index in [1.165, 1.54) is 17.4 Å². The summed E-state index contributed by atoms with van der Waals surface area (Å²) < 4.78 is 28.9. The van der Waals surface area contributed by atoms with Crippen LogP contribution in [-0.4, -0.2) is 33.2 Å².